The number of benzene rings is 1. The Labute approximate surface area is 171 Å². The quantitative estimate of drug-likeness (QED) is 0.652. The number of carbonyl (C=O) groups excluding carboxylic acids is 1. The number of amides is 1. The normalized spacial score (nSPS) is 11.0. The second kappa shape index (κ2) is 12.9. The third-order valence-electron chi connectivity index (χ3n) is 3.48. The van der Waals surface area contributed by atoms with E-state index in [4.69, 9.17) is 4.74 Å². The second-order valence-corrected chi connectivity index (χ2v) is 6.72. The van der Waals surface area contributed by atoms with E-state index >= 15 is 0 Å². The van der Waals surface area contributed by atoms with Crippen molar-refractivity contribution >= 4 is 42.1 Å². The fourth-order valence-corrected chi connectivity index (χ4v) is 2.90. The number of aromatic nitrogens is 1. The highest BCUT2D eigenvalue weighted by atomic mass is 35.5. The van der Waals surface area contributed by atoms with E-state index in [1.54, 1.807) is 0 Å². The van der Waals surface area contributed by atoms with Gasteiger partial charge < -0.3 is 15.4 Å². The molecule has 8 heteroatoms. The van der Waals surface area contributed by atoms with Crippen molar-refractivity contribution in [3.05, 3.63) is 45.9 Å². The Hall–Kier alpha value is -1.34. The van der Waals surface area contributed by atoms with Crippen molar-refractivity contribution in [3.63, 3.8) is 0 Å². The van der Waals surface area contributed by atoms with E-state index in [2.05, 4.69) is 15.6 Å². The lowest BCUT2D eigenvalue weighted by Crippen LogP contribution is -2.39. The molecule has 1 amide bonds. The van der Waals surface area contributed by atoms with Gasteiger partial charge in [0.25, 0.3) is 0 Å². The minimum absolute atomic E-state index is 0. The highest BCUT2D eigenvalue weighted by Crippen LogP contribution is 2.16. The zero-order valence-electron chi connectivity index (χ0n) is 15.3. The predicted octanol–water partition coefficient (Wildman–Crippen LogP) is 3.53. The van der Waals surface area contributed by atoms with E-state index in [1.165, 1.54) is 16.9 Å². The van der Waals surface area contributed by atoms with Crippen molar-refractivity contribution in [1.82, 2.24) is 15.6 Å². The van der Waals surface area contributed by atoms with Gasteiger partial charge >= 0.3 is 0 Å². The summed E-state index contributed by atoms with van der Waals surface area (Å²) in [5.41, 5.74) is 1.99. The van der Waals surface area contributed by atoms with Gasteiger partial charge in [-0.25, -0.2) is 4.98 Å². The van der Waals surface area contributed by atoms with Crippen molar-refractivity contribution in [2.45, 2.75) is 39.8 Å². The topological polar surface area (TPSA) is 63.2 Å². The maximum absolute atomic E-state index is 11.9. The fourth-order valence-electron chi connectivity index (χ4n) is 2.19. The third-order valence-corrected chi connectivity index (χ3v) is 4.35. The minimum atomic E-state index is -0.00365. The molecule has 0 saturated heterocycles. The molecule has 2 rings (SSSR count). The summed E-state index contributed by atoms with van der Waals surface area (Å²) >= 11 is 1.52. The molecule has 0 saturated carbocycles. The largest absolute Gasteiger partial charge is 0.486 e. The van der Waals surface area contributed by atoms with E-state index in [0.717, 1.165) is 23.0 Å². The van der Waals surface area contributed by atoms with Gasteiger partial charge in [-0.1, -0.05) is 24.6 Å². The average molecular weight is 420 g/mol. The number of halogens is 2. The average Bonchev–Trinajstić information content (AvgIpc) is 3.00. The number of nitrogens with one attached hydrogen (secondary N) is 2. The Kier molecular flexibility index (Phi) is 12.3. The van der Waals surface area contributed by atoms with E-state index < -0.39 is 0 Å². The lowest BCUT2D eigenvalue weighted by Gasteiger charge is -2.12. The molecular formula is C18H27Cl2N3O2S. The molecule has 0 aliphatic carbocycles. The molecule has 2 N–H and O–H groups in total. The van der Waals surface area contributed by atoms with Crippen LogP contribution in [0.2, 0.25) is 0 Å². The van der Waals surface area contributed by atoms with Gasteiger partial charge in [-0.2, -0.15) is 0 Å². The zero-order valence-corrected chi connectivity index (χ0v) is 17.7. The van der Waals surface area contributed by atoms with E-state index in [1.807, 2.05) is 50.4 Å². The Morgan fingerprint density at radius 3 is 2.62 bits per heavy atom. The van der Waals surface area contributed by atoms with Crippen LogP contribution < -0.4 is 15.4 Å². The minimum Gasteiger partial charge on any atom is -0.486 e. The van der Waals surface area contributed by atoms with Crippen LogP contribution in [0.15, 0.2) is 29.6 Å². The van der Waals surface area contributed by atoms with Gasteiger partial charge in [0.2, 0.25) is 5.91 Å². The van der Waals surface area contributed by atoms with Crippen LogP contribution in [0.5, 0.6) is 5.75 Å². The molecule has 1 atom stereocenters. The molecule has 0 radical (unpaired) electrons. The van der Waals surface area contributed by atoms with Crippen LogP contribution >= 0.6 is 36.2 Å². The molecule has 0 bridgehead atoms. The number of nitrogens with zero attached hydrogens (tertiary/aromatic N) is 1. The van der Waals surface area contributed by atoms with Crippen molar-refractivity contribution < 1.29 is 9.53 Å². The van der Waals surface area contributed by atoms with Crippen LogP contribution in [0.4, 0.5) is 0 Å². The Morgan fingerprint density at radius 2 is 1.96 bits per heavy atom. The van der Waals surface area contributed by atoms with Crippen molar-refractivity contribution in [2.75, 3.05) is 13.1 Å². The number of rotatable bonds is 9. The summed E-state index contributed by atoms with van der Waals surface area (Å²) in [6, 6.07) is 8.20. The fraction of sp³-hybridized carbons (Fsp3) is 0.444. The molecule has 0 aliphatic heterocycles. The van der Waals surface area contributed by atoms with Crippen LogP contribution in [0.3, 0.4) is 0 Å². The first-order valence-electron chi connectivity index (χ1n) is 8.19. The van der Waals surface area contributed by atoms with E-state index in [-0.39, 0.29) is 36.8 Å². The summed E-state index contributed by atoms with van der Waals surface area (Å²) in [7, 11) is 0. The number of carbonyl (C=O) groups is 1. The summed E-state index contributed by atoms with van der Waals surface area (Å²) < 4.78 is 5.71. The first-order chi connectivity index (χ1) is 11.6. The third kappa shape index (κ3) is 8.85. The number of likely N-dealkylation sites (N-methyl/N-ethyl adjacent to an activating group) is 1. The zero-order chi connectivity index (χ0) is 17.4. The molecule has 146 valence electrons. The lowest BCUT2D eigenvalue weighted by molar-refractivity contribution is -0.120. The van der Waals surface area contributed by atoms with Crippen LogP contribution in [-0.4, -0.2) is 30.0 Å². The highest BCUT2D eigenvalue weighted by Gasteiger charge is 2.09. The smallest absolute Gasteiger partial charge is 0.226 e. The van der Waals surface area contributed by atoms with Crippen LogP contribution in [0.1, 0.15) is 30.1 Å². The molecule has 0 fully saturated rings. The second-order valence-electron chi connectivity index (χ2n) is 5.77. The highest BCUT2D eigenvalue weighted by molar-refractivity contribution is 7.09. The molecule has 0 unspecified atom stereocenters. The van der Waals surface area contributed by atoms with Gasteiger partial charge in [-0.05, 0) is 32.5 Å². The first kappa shape index (κ1) is 24.7. The lowest BCUT2D eigenvalue weighted by atomic mass is 10.2. The SMILES string of the molecule is CCN[C@H](C)CNC(=O)Cc1csc(COc2ccc(C)cc2)n1.Cl.Cl. The standard InChI is InChI=1S/C18H25N3O2S.2ClH/c1-4-19-14(3)10-20-17(22)9-15-12-24-18(21-15)11-23-16-7-5-13(2)6-8-16;;/h5-8,12,14,19H,4,9-11H2,1-3H3,(H,20,22);2*1H/t14-;;/m1../s1. The maximum atomic E-state index is 11.9. The van der Waals surface area contributed by atoms with Crippen LogP contribution in [0, 0.1) is 6.92 Å². The maximum Gasteiger partial charge on any atom is 0.226 e. The molecule has 1 aromatic heterocycles. The van der Waals surface area contributed by atoms with E-state index in [9.17, 15) is 4.79 Å². The van der Waals surface area contributed by atoms with Gasteiger partial charge in [-0.15, -0.1) is 36.2 Å². The summed E-state index contributed by atoms with van der Waals surface area (Å²) in [6.07, 6.45) is 0.305. The van der Waals surface area contributed by atoms with Gasteiger partial charge in [0.15, 0.2) is 0 Å². The van der Waals surface area contributed by atoms with Crippen molar-refractivity contribution in [2.24, 2.45) is 0 Å². The van der Waals surface area contributed by atoms with Gasteiger partial charge in [0, 0.05) is 18.0 Å². The molecule has 1 aromatic carbocycles. The van der Waals surface area contributed by atoms with Gasteiger partial charge in [0.05, 0.1) is 12.1 Å². The van der Waals surface area contributed by atoms with Crippen LogP contribution in [-0.2, 0) is 17.8 Å². The van der Waals surface area contributed by atoms with Crippen LogP contribution in [0.25, 0.3) is 0 Å². The number of hydrogen-bond acceptors (Lipinski definition) is 5. The molecule has 5 nitrogen and oxygen atoms in total. The Bertz CT molecular complexity index is 650. The van der Waals surface area contributed by atoms with Gasteiger partial charge in [0.1, 0.15) is 17.4 Å². The summed E-state index contributed by atoms with van der Waals surface area (Å²) in [4.78, 5) is 16.4. The first-order valence-corrected chi connectivity index (χ1v) is 9.07. The van der Waals surface area contributed by atoms with Crippen molar-refractivity contribution in [3.8, 4) is 5.75 Å². The molecule has 2 aromatic rings. The van der Waals surface area contributed by atoms with E-state index in [0.29, 0.717) is 19.6 Å². The molecule has 1 heterocycles. The number of thiazole rings is 1. The number of hydrogen-bond donors (Lipinski definition) is 2. The Morgan fingerprint density at radius 1 is 1.27 bits per heavy atom. The monoisotopic (exact) mass is 419 g/mol. The number of aryl methyl sites for hydroxylation is 1. The molecule has 0 aliphatic rings. The number of ether oxygens (including phenoxy) is 1. The molecular weight excluding hydrogens is 393 g/mol. The summed E-state index contributed by atoms with van der Waals surface area (Å²) in [6.45, 7) is 8.09. The summed E-state index contributed by atoms with van der Waals surface area (Å²) in [5.74, 6) is 0.823. The Balaban J connectivity index is 0.00000312. The van der Waals surface area contributed by atoms with Gasteiger partial charge in [-0.3, -0.25) is 4.79 Å². The molecule has 26 heavy (non-hydrogen) atoms. The summed E-state index contributed by atoms with van der Waals surface area (Å²) in [5, 5.41) is 8.97. The predicted molar refractivity (Wildman–Crippen MR) is 112 cm³/mol. The molecule has 0 spiro atoms. The van der Waals surface area contributed by atoms with Crippen molar-refractivity contribution in [1.29, 1.82) is 0 Å².